The van der Waals surface area contributed by atoms with Gasteiger partial charge in [0.25, 0.3) is 0 Å². The van der Waals surface area contributed by atoms with Crippen LogP contribution in [0.1, 0.15) is 6.42 Å². The number of para-hydroxylation sites is 1. The molecule has 0 fully saturated rings. The van der Waals surface area contributed by atoms with Crippen LogP contribution in [0.5, 0.6) is 0 Å². The third-order valence-corrected chi connectivity index (χ3v) is 2.79. The maximum absolute atomic E-state index is 11.0. The van der Waals surface area contributed by atoms with Crippen molar-refractivity contribution in [1.82, 2.24) is 5.43 Å². The first kappa shape index (κ1) is 13.9. The number of hydrazine groups is 1. The van der Waals surface area contributed by atoms with Crippen LogP contribution in [0.3, 0.4) is 0 Å². The molecule has 2 aromatic rings. The van der Waals surface area contributed by atoms with E-state index in [1.165, 1.54) is 0 Å². The summed E-state index contributed by atoms with van der Waals surface area (Å²) in [4.78, 5) is 11.0. The van der Waals surface area contributed by atoms with Gasteiger partial charge in [-0.15, -0.1) is 0 Å². The van der Waals surface area contributed by atoms with E-state index in [4.69, 9.17) is 5.84 Å². The maximum Gasteiger partial charge on any atom is 0.235 e. The van der Waals surface area contributed by atoms with Crippen LogP contribution in [0.4, 0.5) is 17.1 Å². The molecule has 0 aromatic heterocycles. The minimum Gasteiger partial charge on any atom is -0.385 e. The standard InChI is InChI=1S/C15H18N4O/c16-19-15(20)10-11-17-12-6-8-14(9-7-12)18-13-4-2-1-3-5-13/h1-9,17-18H,10-11,16H2,(H,19,20). The Morgan fingerprint density at radius 3 is 2.15 bits per heavy atom. The maximum atomic E-state index is 11.0. The summed E-state index contributed by atoms with van der Waals surface area (Å²) in [5.74, 6) is 4.83. The van der Waals surface area contributed by atoms with Crippen molar-refractivity contribution >= 4 is 23.0 Å². The molecular formula is C15H18N4O. The zero-order valence-corrected chi connectivity index (χ0v) is 11.1. The Hall–Kier alpha value is -2.53. The first-order valence-electron chi connectivity index (χ1n) is 6.43. The number of hydrogen-bond acceptors (Lipinski definition) is 4. The van der Waals surface area contributed by atoms with Gasteiger partial charge in [0, 0.05) is 30.0 Å². The van der Waals surface area contributed by atoms with Gasteiger partial charge < -0.3 is 10.6 Å². The molecule has 5 N–H and O–H groups in total. The van der Waals surface area contributed by atoms with E-state index >= 15 is 0 Å². The summed E-state index contributed by atoms with van der Waals surface area (Å²) in [6.07, 6.45) is 0.348. The minimum absolute atomic E-state index is 0.181. The average Bonchev–Trinajstić information content (AvgIpc) is 2.50. The van der Waals surface area contributed by atoms with Crippen LogP contribution in [-0.4, -0.2) is 12.5 Å². The van der Waals surface area contributed by atoms with Crippen molar-refractivity contribution in [3.05, 3.63) is 54.6 Å². The van der Waals surface area contributed by atoms with Crippen molar-refractivity contribution in [2.24, 2.45) is 5.84 Å². The Bertz CT molecular complexity index is 540. The fourth-order valence-electron chi connectivity index (χ4n) is 1.75. The molecule has 0 spiro atoms. The van der Waals surface area contributed by atoms with Crippen LogP contribution in [0.2, 0.25) is 0 Å². The van der Waals surface area contributed by atoms with Gasteiger partial charge in [-0.2, -0.15) is 0 Å². The second kappa shape index (κ2) is 7.16. The number of rotatable bonds is 6. The molecule has 0 radical (unpaired) electrons. The molecule has 0 aliphatic rings. The van der Waals surface area contributed by atoms with Crippen molar-refractivity contribution < 1.29 is 4.79 Å². The lowest BCUT2D eigenvalue weighted by Crippen LogP contribution is -2.31. The molecule has 2 rings (SSSR count). The molecule has 0 unspecified atom stereocenters. The SMILES string of the molecule is NNC(=O)CCNc1ccc(Nc2ccccc2)cc1. The van der Waals surface area contributed by atoms with E-state index in [2.05, 4.69) is 16.1 Å². The first-order valence-corrected chi connectivity index (χ1v) is 6.43. The topological polar surface area (TPSA) is 79.2 Å². The summed E-state index contributed by atoms with van der Waals surface area (Å²) in [6.45, 7) is 0.550. The highest BCUT2D eigenvalue weighted by molar-refractivity contribution is 5.75. The van der Waals surface area contributed by atoms with Gasteiger partial charge in [-0.05, 0) is 36.4 Å². The third kappa shape index (κ3) is 4.29. The quantitative estimate of drug-likeness (QED) is 0.369. The van der Waals surface area contributed by atoms with E-state index in [9.17, 15) is 4.79 Å². The number of carbonyl (C=O) groups is 1. The van der Waals surface area contributed by atoms with Crippen molar-refractivity contribution in [2.45, 2.75) is 6.42 Å². The number of benzene rings is 2. The fourth-order valence-corrected chi connectivity index (χ4v) is 1.75. The average molecular weight is 270 g/mol. The highest BCUT2D eigenvalue weighted by Crippen LogP contribution is 2.18. The fraction of sp³-hybridized carbons (Fsp3) is 0.133. The summed E-state index contributed by atoms with van der Waals surface area (Å²) in [5.41, 5.74) is 5.13. The van der Waals surface area contributed by atoms with E-state index < -0.39 is 0 Å². The van der Waals surface area contributed by atoms with Gasteiger partial charge in [-0.25, -0.2) is 5.84 Å². The molecule has 0 saturated heterocycles. The van der Waals surface area contributed by atoms with Gasteiger partial charge in [-0.3, -0.25) is 10.2 Å². The zero-order chi connectivity index (χ0) is 14.2. The molecule has 0 aliphatic carbocycles. The minimum atomic E-state index is -0.181. The van der Waals surface area contributed by atoms with Crippen LogP contribution in [0.25, 0.3) is 0 Å². The second-order valence-electron chi connectivity index (χ2n) is 4.31. The Labute approximate surface area is 118 Å². The Kier molecular flexibility index (Phi) is 4.97. The van der Waals surface area contributed by atoms with Crippen LogP contribution in [0, 0.1) is 0 Å². The van der Waals surface area contributed by atoms with Crippen LogP contribution < -0.4 is 21.9 Å². The van der Waals surface area contributed by atoms with Crippen molar-refractivity contribution in [3.63, 3.8) is 0 Å². The monoisotopic (exact) mass is 270 g/mol. The van der Waals surface area contributed by atoms with E-state index in [0.717, 1.165) is 17.1 Å². The predicted molar refractivity (Wildman–Crippen MR) is 81.6 cm³/mol. The molecule has 5 heteroatoms. The van der Waals surface area contributed by atoms with Gasteiger partial charge in [0.1, 0.15) is 0 Å². The third-order valence-electron chi connectivity index (χ3n) is 2.79. The lowest BCUT2D eigenvalue weighted by Gasteiger charge is -2.09. The van der Waals surface area contributed by atoms with E-state index in [-0.39, 0.29) is 5.91 Å². The summed E-state index contributed by atoms with van der Waals surface area (Å²) in [6, 6.07) is 17.9. The Balaban J connectivity index is 1.85. The summed E-state index contributed by atoms with van der Waals surface area (Å²) in [7, 11) is 0. The first-order chi connectivity index (χ1) is 9.78. The van der Waals surface area contributed by atoms with Crippen molar-refractivity contribution in [3.8, 4) is 0 Å². The molecule has 0 aliphatic heterocycles. The molecule has 2 aromatic carbocycles. The van der Waals surface area contributed by atoms with Gasteiger partial charge in [0.05, 0.1) is 0 Å². The number of hydrogen-bond donors (Lipinski definition) is 4. The largest absolute Gasteiger partial charge is 0.385 e. The number of anilines is 3. The van der Waals surface area contributed by atoms with Gasteiger partial charge in [-0.1, -0.05) is 18.2 Å². The van der Waals surface area contributed by atoms with E-state index in [1.54, 1.807) is 0 Å². The summed E-state index contributed by atoms with van der Waals surface area (Å²) >= 11 is 0. The van der Waals surface area contributed by atoms with E-state index in [0.29, 0.717) is 13.0 Å². The highest BCUT2D eigenvalue weighted by atomic mass is 16.2. The molecule has 5 nitrogen and oxygen atoms in total. The zero-order valence-electron chi connectivity index (χ0n) is 11.1. The second-order valence-corrected chi connectivity index (χ2v) is 4.31. The smallest absolute Gasteiger partial charge is 0.235 e. The summed E-state index contributed by atoms with van der Waals surface area (Å²) < 4.78 is 0. The van der Waals surface area contributed by atoms with Crippen LogP contribution in [0.15, 0.2) is 54.6 Å². The Morgan fingerprint density at radius 1 is 0.900 bits per heavy atom. The number of amides is 1. The predicted octanol–water partition coefficient (Wildman–Crippen LogP) is 2.22. The van der Waals surface area contributed by atoms with E-state index in [1.807, 2.05) is 54.6 Å². The lowest BCUT2D eigenvalue weighted by atomic mass is 10.2. The lowest BCUT2D eigenvalue weighted by molar-refractivity contribution is -0.120. The molecule has 1 amide bonds. The van der Waals surface area contributed by atoms with Crippen molar-refractivity contribution in [1.29, 1.82) is 0 Å². The molecule has 0 bridgehead atoms. The number of carbonyl (C=O) groups excluding carboxylic acids is 1. The highest BCUT2D eigenvalue weighted by Gasteiger charge is 1.98. The molecule has 0 atom stereocenters. The van der Waals surface area contributed by atoms with Gasteiger partial charge >= 0.3 is 0 Å². The molecule has 20 heavy (non-hydrogen) atoms. The normalized spacial score (nSPS) is 9.85. The van der Waals surface area contributed by atoms with Crippen molar-refractivity contribution in [2.75, 3.05) is 17.2 Å². The number of nitrogens with one attached hydrogen (secondary N) is 3. The molecule has 0 saturated carbocycles. The Morgan fingerprint density at radius 2 is 1.50 bits per heavy atom. The molecular weight excluding hydrogens is 252 g/mol. The molecule has 104 valence electrons. The van der Waals surface area contributed by atoms with Gasteiger partial charge in [0.15, 0.2) is 0 Å². The van der Waals surface area contributed by atoms with Crippen LogP contribution in [-0.2, 0) is 4.79 Å². The van der Waals surface area contributed by atoms with Gasteiger partial charge in [0.2, 0.25) is 5.91 Å². The number of nitrogens with two attached hydrogens (primary N) is 1. The molecule has 0 heterocycles. The summed E-state index contributed by atoms with van der Waals surface area (Å²) in [5, 5.41) is 6.46. The van der Waals surface area contributed by atoms with Crippen LogP contribution >= 0.6 is 0 Å².